The highest BCUT2D eigenvalue weighted by molar-refractivity contribution is 6.32. The molecule has 1 aromatic carbocycles. The molecular formula is C12H8ClF2N3O4. The van der Waals surface area contributed by atoms with Gasteiger partial charge in [0.1, 0.15) is 10.7 Å². The van der Waals surface area contributed by atoms with Crippen LogP contribution >= 0.6 is 11.6 Å². The highest BCUT2D eigenvalue weighted by Crippen LogP contribution is 2.32. The van der Waals surface area contributed by atoms with Gasteiger partial charge in [-0.15, -0.1) is 0 Å². The Labute approximate surface area is 126 Å². The molecule has 0 atom stereocenters. The second kappa shape index (κ2) is 5.34. The molecule has 0 unspecified atom stereocenters. The number of nitro benzene ring substituents is 1. The van der Waals surface area contributed by atoms with Crippen molar-refractivity contribution in [3.8, 4) is 5.69 Å². The molecule has 7 nitrogen and oxygen atoms in total. The van der Waals surface area contributed by atoms with Gasteiger partial charge in [-0.05, 0) is 6.92 Å². The van der Waals surface area contributed by atoms with Gasteiger partial charge in [0.2, 0.25) is 5.82 Å². The summed E-state index contributed by atoms with van der Waals surface area (Å²) in [5.74, 6) is -3.06. The zero-order valence-electron chi connectivity index (χ0n) is 11.3. The van der Waals surface area contributed by atoms with Crippen LogP contribution in [0.4, 0.5) is 14.5 Å². The molecule has 0 aliphatic rings. The van der Waals surface area contributed by atoms with Crippen molar-refractivity contribution in [3.63, 3.8) is 0 Å². The zero-order chi connectivity index (χ0) is 16.8. The molecule has 22 heavy (non-hydrogen) atoms. The Bertz CT molecular complexity index is 920. The lowest BCUT2D eigenvalue weighted by Gasteiger charge is -2.11. The maximum absolute atomic E-state index is 14.2. The number of hydrogen-bond acceptors (Lipinski definition) is 4. The van der Waals surface area contributed by atoms with E-state index in [1.165, 1.54) is 14.0 Å². The van der Waals surface area contributed by atoms with Gasteiger partial charge in [-0.1, -0.05) is 11.6 Å². The van der Waals surface area contributed by atoms with Gasteiger partial charge in [0.25, 0.3) is 5.56 Å². The van der Waals surface area contributed by atoms with Crippen molar-refractivity contribution in [2.45, 2.75) is 6.92 Å². The average Bonchev–Trinajstić information content (AvgIpc) is 2.39. The van der Waals surface area contributed by atoms with Crippen molar-refractivity contribution in [3.05, 3.63) is 65.4 Å². The number of aryl methyl sites for hydroxylation is 1. The van der Waals surface area contributed by atoms with Crippen LogP contribution in [0.3, 0.4) is 0 Å². The van der Waals surface area contributed by atoms with E-state index in [1.54, 1.807) is 0 Å². The Morgan fingerprint density at radius 2 is 1.86 bits per heavy atom. The summed E-state index contributed by atoms with van der Waals surface area (Å²) in [6.45, 7) is 1.45. The number of halogens is 3. The Morgan fingerprint density at radius 1 is 1.27 bits per heavy atom. The molecular weight excluding hydrogens is 324 g/mol. The van der Waals surface area contributed by atoms with E-state index in [9.17, 15) is 28.5 Å². The van der Waals surface area contributed by atoms with Gasteiger partial charge >= 0.3 is 11.4 Å². The monoisotopic (exact) mass is 331 g/mol. The van der Waals surface area contributed by atoms with E-state index in [4.69, 9.17) is 11.6 Å². The third-order valence-corrected chi connectivity index (χ3v) is 3.38. The first-order valence-corrected chi connectivity index (χ1v) is 6.16. The normalized spacial score (nSPS) is 10.8. The van der Waals surface area contributed by atoms with Crippen molar-refractivity contribution in [2.75, 3.05) is 0 Å². The molecule has 0 radical (unpaired) electrons. The van der Waals surface area contributed by atoms with Gasteiger partial charge < -0.3 is 4.57 Å². The third kappa shape index (κ3) is 2.29. The second-order valence-corrected chi connectivity index (χ2v) is 4.82. The quantitative estimate of drug-likeness (QED) is 0.619. The molecule has 1 aromatic heterocycles. The van der Waals surface area contributed by atoms with Crippen LogP contribution in [0.2, 0.25) is 5.02 Å². The molecule has 0 saturated carbocycles. The van der Waals surface area contributed by atoms with Crippen LogP contribution in [0.25, 0.3) is 5.69 Å². The lowest BCUT2D eigenvalue weighted by atomic mass is 10.2. The van der Waals surface area contributed by atoms with E-state index in [0.29, 0.717) is 6.07 Å². The van der Waals surface area contributed by atoms with E-state index in [0.717, 1.165) is 10.6 Å². The van der Waals surface area contributed by atoms with Gasteiger partial charge in [0.05, 0.1) is 4.92 Å². The van der Waals surface area contributed by atoms with Crippen LogP contribution in [-0.4, -0.2) is 14.1 Å². The van der Waals surface area contributed by atoms with E-state index in [1.807, 2.05) is 0 Å². The van der Waals surface area contributed by atoms with Gasteiger partial charge in [-0.2, -0.15) is 4.39 Å². The first-order valence-electron chi connectivity index (χ1n) is 5.78. The minimum Gasteiger partial charge on any atom is -0.301 e. The molecule has 0 bridgehead atoms. The summed E-state index contributed by atoms with van der Waals surface area (Å²) in [6.07, 6.45) is 0. The van der Waals surface area contributed by atoms with Gasteiger partial charge in [-0.3, -0.25) is 14.9 Å². The molecule has 2 rings (SSSR count). The van der Waals surface area contributed by atoms with Crippen molar-refractivity contribution in [1.82, 2.24) is 9.13 Å². The van der Waals surface area contributed by atoms with Gasteiger partial charge in [-0.25, -0.2) is 13.8 Å². The van der Waals surface area contributed by atoms with Crippen LogP contribution in [0.1, 0.15) is 5.69 Å². The van der Waals surface area contributed by atoms with Crippen LogP contribution in [-0.2, 0) is 7.05 Å². The largest absolute Gasteiger partial charge is 0.335 e. The van der Waals surface area contributed by atoms with Crippen LogP contribution < -0.4 is 11.2 Å². The maximum atomic E-state index is 14.2. The highest BCUT2D eigenvalue weighted by atomic mass is 35.5. The molecule has 0 spiro atoms. The summed E-state index contributed by atoms with van der Waals surface area (Å²) < 4.78 is 29.4. The smallest absolute Gasteiger partial charge is 0.301 e. The first-order chi connectivity index (χ1) is 10.2. The summed E-state index contributed by atoms with van der Waals surface area (Å²) in [6, 6.07) is 1.45. The Hall–Kier alpha value is -2.55. The minimum atomic E-state index is -1.70. The summed E-state index contributed by atoms with van der Waals surface area (Å²) in [5, 5.41) is 10.0. The fraction of sp³-hybridized carbons (Fsp3) is 0.167. The lowest BCUT2D eigenvalue weighted by molar-refractivity contribution is -0.387. The SMILES string of the molecule is Cc1cc(=O)n(-c2c(F)cc(Cl)c([N+](=O)[O-])c2F)c(=O)n1C. The topological polar surface area (TPSA) is 87.1 Å². The Morgan fingerprint density at radius 3 is 2.41 bits per heavy atom. The molecule has 0 amide bonds. The van der Waals surface area contributed by atoms with E-state index >= 15 is 0 Å². The summed E-state index contributed by atoms with van der Waals surface area (Å²) >= 11 is 5.43. The predicted octanol–water partition coefficient (Wildman–Crippen LogP) is 1.68. The number of nitrogens with zero attached hydrogens (tertiary/aromatic N) is 3. The molecule has 0 aliphatic heterocycles. The predicted molar refractivity (Wildman–Crippen MR) is 73.6 cm³/mol. The van der Waals surface area contributed by atoms with Crippen LogP contribution in [0.5, 0.6) is 0 Å². The fourth-order valence-electron chi connectivity index (χ4n) is 1.88. The Kier molecular flexibility index (Phi) is 3.84. The van der Waals surface area contributed by atoms with Crippen molar-refractivity contribution in [1.29, 1.82) is 0 Å². The molecule has 116 valence electrons. The van der Waals surface area contributed by atoms with E-state index in [-0.39, 0.29) is 10.3 Å². The first kappa shape index (κ1) is 15.8. The molecule has 0 fully saturated rings. The number of nitro groups is 1. The molecule has 10 heteroatoms. The average molecular weight is 332 g/mol. The molecule has 2 aromatic rings. The van der Waals surface area contributed by atoms with Gasteiger partial charge in [0.15, 0.2) is 5.82 Å². The number of hydrogen-bond donors (Lipinski definition) is 0. The number of aromatic nitrogens is 2. The Balaban J connectivity index is 3.01. The zero-order valence-corrected chi connectivity index (χ0v) is 12.0. The number of benzene rings is 1. The number of rotatable bonds is 2. The minimum absolute atomic E-state index is 0.182. The maximum Gasteiger partial charge on any atom is 0.335 e. The fourth-order valence-corrected chi connectivity index (χ4v) is 2.13. The van der Waals surface area contributed by atoms with Gasteiger partial charge in [0, 0.05) is 24.9 Å². The summed E-state index contributed by atoms with van der Waals surface area (Å²) in [7, 11) is 1.29. The van der Waals surface area contributed by atoms with E-state index < -0.39 is 44.2 Å². The van der Waals surface area contributed by atoms with Crippen molar-refractivity contribution in [2.24, 2.45) is 7.05 Å². The van der Waals surface area contributed by atoms with Crippen LogP contribution in [0, 0.1) is 28.7 Å². The van der Waals surface area contributed by atoms with Crippen LogP contribution in [0.15, 0.2) is 21.7 Å². The molecule has 0 aliphatic carbocycles. The van der Waals surface area contributed by atoms with Crippen molar-refractivity contribution < 1.29 is 13.7 Å². The van der Waals surface area contributed by atoms with Crippen molar-refractivity contribution >= 4 is 17.3 Å². The van der Waals surface area contributed by atoms with E-state index in [2.05, 4.69) is 0 Å². The summed E-state index contributed by atoms with van der Waals surface area (Å²) in [4.78, 5) is 33.6. The molecule has 0 saturated heterocycles. The third-order valence-electron chi connectivity index (χ3n) is 3.09. The standard InChI is InChI=1S/C12H8ClF2N3O4/c1-5-3-8(19)17(12(20)16(5)2)11-7(14)4-6(13)10(9(11)15)18(21)22/h3-4H,1-2H3. The molecule has 1 heterocycles. The lowest BCUT2D eigenvalue weighted by Crippen LogP contribution is -2.39. The highest BCUT2D eigenvalue weighted by Gasteiger charge is 2.29. The summed E-state index contributed by atoms with van der Waals surface area (Å²) in [5.41, 5.74) is -4.15. The molecule has 0 N–H and O–H groups in total. The second-order valence-electron chi connectivity index (χ2n) is 4.41.